The van der Waals surface area contributed by atoms with Gasteiger partial charge in [0.2, 0.25) is 0 Å². The Labute approximate surface area is 111 Å². The van der Waals surface area contributed by atoms with Crippen molar-refractivity contribution in [1.82, 2.24) is 4.90 Å². The predicted molar refractivity (Wildman–Crippen MR) is 75.7 cm³/mol. The zero-order valence-corrected chi connectivity index (χ0v) is 11.6. The van der Waals surface area contributed by atoms with Crippen LogP contribution in [0.1, 0.15) is 31.2 Å². The van der Waals surface area contributed by atoms with Gasteiger partial charge in [-0.1, -0.05) is 43.2 Å². The molecule has 0 aliphatic heterocycles. The van der Waals surface area contributed by atoms with Gasteiger partial charge < -0.3 is 10.0 Å². The maximum Gasteiger partial charge on any atom is 0.0468 e. The molecule has 1 aliphatic rings. The third-order valence-electron chi connectivity index (χ3n) is 4.37. The first-order chi connectivity index (χ1) is 8.69. The lowest BCUT2D eigenvalue weighted by atomic mass is 9.62. The fourth-order valence-electron chi connectivity index (χ4n) is 3.59. The van der Waals surface area contributed by atoms with Crippen LogP contribution >= 0.6 is 0 Å². The van der Waals surface area contributed by atoms with Gasteiger partial charge in [-0.2, -0.15) is 0 Å². The lowest BCUT2D eigenvalue weighted by Crippen LogP contribution is -2.47. The molecule has 2 heteroatoms. The van der Waals surface area contributed by atoms with Gasteiger partial charge in [0.05, 0.1) is 0 Å². The molecule has 2 rings (SSSR count). The Hall–Kier alpha value is -0.860. The third-order valence-corrected chi connectivity index (χ3v) is 4.37. The van der Waals surface area contributed by atoms with E-state index in [0.717, 1.165) is 13.0 Å². The van der Waals surface area contributed by atoms with Crippen LogP contribution < -0.4 is 0 Å². The first-order valence-electron chi connectivity index (χ1n) is 7.00. The first-order valence-corrected chi connectivity index (χ1v) is 7.00. The largest absolute Gasteiger partial charge is 0.396 e. The van der Waals surface area contributed by atoms with Crippen LogP contribution in [0.4, 0.5) is 0 Å². The van der Waals surface area contributed by atoms with Gasteiger partial charge in [-0.05, 0) is 38.4 Å². The molecule has 1 fully saturated rings. The van der Waals surface area contributed by atoms with E-state index < -0.39 is 0 Å². The van der Waals surface area contributed by atoms with Gasteiger partial charge in [0.1, 0.15) is 0 Å². The molecule has 0 radical (unpaired) electrons. The molecular formula is C16H25NO. The number of nitrogens with zero attached hydrogens (tertiary/aromatic N) is 1. The molecular weight excluding hydrogens is 222 g/mol. The maximum atomic E-state index is 9.78. The van der Waals surface area contributed by atoms with Crippen LogP contribution in [-0.4, -0.2) is 37.3 Å². The van der Waals surface area contributed by atoms with Crippen molar-refractivity contribution >= 4 is 0 Å². The quantitative estimate of drug-likeness (QED) is 0.884. The Balaban J connectivity index is 2.38. The van der Waals surface area contributed by atoms with E-state index in [1.165, 1.54) is 24.8 Å². The molecule has 1 aliphatic carbocycles. The number of hydrogen-bond donors (Lipinski definition) is 1. The van der Waals surface area contributed by atoms with E-state index in [9.17, 15) is 5.11 Å². The maximum absolute atomic E-state index is 9.78. The van der Waals surface area contributed by atoms with Gasteiger partial charge in [-0.25, -0.2) is 0 Å². The van der Waals surface area contributed by atoms with E-state index in [4.69, 9.17) is 0 Å². The summed E-state index contributed by atoms with van der Waals surface area (Å²) in [6.07, 6.45) is 4.88. The SMILES string of the molecule is CN(C)C[C@@]1(c2ccccc2)CCCC[C@H]1CO. The number of rotatable bonds is 4. The van der Waals surface area contributed by atoms with Crippen LogP contribution in [0.15, 0.2) is 30.3 Å². The highest BCUT2D eigenvalue weighted by molar-refractivity contribution is 5.28. The van der Waals surface area contributed by atoms with E-state index in [0.29, 0.717) is 12.5 Å². The van der Waals surface area contributed by atoms with Crippen LogP contribution in [0.25, 0.3) is 0 Å². The molecule has 18 heavy (non-hydrogen) atoms. The summed E-state index contributed by atoms with van der Waals surface area (Å²) in [7, 11) is 4.27. The second-order valence-corrected chi connectivity index (χ2v) is 5.89. The Morgan fingerprint density at radius 2 is 1.94 bits per heavy atom. The van der Waals surface area contributed by atoms with Crippen molar-refractivity contribution in [2.45, 2.75) is 31.1 Å². The fraction of sp³-hybridized carbons (Fsp3) is 0.625. The summed E-state index contributed by atoms with van der Waals surface area (Å²) in [6, 6.07) is 10.8. The van der Waals surface area contributed by atoms with Gasteiger partial charge in [0.15, 0.2) is 0 Å². The third kappa shape index (κ3) is 2.60. The van der Waals surface area contributed by atoms with Crippen molar-refractivity contribution in [3.8, 4) is 0 Å². The van der Waals surface area contributed by atoms with E-state index in [1.807, 2.05) is 0 Å². The monoisotopic (exact) mass is 247 g/mol. The molecule has 1 aromatic rings. The van der Waals surface area contributed by atoms with E-state index in [2.05, 4.69) is 49.3 Å². The fourth-order valence-corrected chi connectivity index (χ4v) is 3.59. The average Bonchev–Trinajstić information content (AvgIpc) is 2.39. The minimum absolute atomic E-state index is 0.137. The minimum Gasteiger partial charge on any atom is -0.396 e. The van der Waals surface area contributed by atoms with Crippen molar-refractivity contribution in [3.05, 3.63) is 35.9 Å². The molecule has 0 aromatic heterocycles. The van der Waals surface area contributed by atoms with Gasteiger partial charge in [0.25, 0.3) is 0 Å². The topological polar surface area (TPSA) is 23.5 Å². The molecule has 1 saturated carbocycles. The molecule has 0 spiro atoms. The molecule has 0 heterocycles. The molecule has 2 atom stereocenters. The zero-order valence-electron chi connectivity index (χ0n) is 11.6. The highest BCUT2D eigenvalue weighted by Gasteiger charge is 2.41. The van der Waals surface area contributed by atoms with Crippen LogP contribution in [-0.2, 0) is 5.41 Å². The second-order valence-electron chi connectivity index (χ2n) is 5.89. The summed E-state index contributed by atoms with van der Waals surface area (Å²) >= 11 is 0. The van der Waals surface area contributed by atoms with Crippen molar-refractivity contribution < 1.29 is 5.11 Å². The van der Waals surface area contributed by atoms with Crippen LogP contribution in [0.5, 0.6) is 0 Å². The standard InChI is InChI=1S/C16H25NO/c1-17(2)13-16(14-8-4-3-5-9-14)11-7-6-10-15(16)12-18/h3-5,8-9,15,18H,6-7,10-13H2,1-2H3/t15-,16+/m0/s1. The lowest BCUT2D eigenvalue weighted by molar-refractivity contribution is 0.0822. The van der Waals surface area contributed by atoms with Crippen molar-refractivity contribution in [2.75, 3.05) is 27.2 Å². The normalized spacial score (nSPS) is 28.6. The van der Waals surface area contributed by atoms with Crippen LogP contribution in [0.3, 0.4) is 0 Å². The lowest BCUT2D eigenvalue weighted by Gasteiger charge is -2.45. The van der Waals surface area contributed by atoms with E-state index in [1.54, 1.807) is 0 Å². The summed E-state index contributed by atoms with van der Waals surface area (Å²) < 4.78 is 0. The highest BCUT2D eigenvalue weighted by atomic mass is 16.3. The summed E-state index contributed by atoms with van der Waals surface area (Å²) in [4.78, 5) is 2.26. The minimum atomic E-state index is 0.137. The second kappa shape index (κ2) is 5.85. The number of benzene rings is 1. The summed E-state index contributed by atoms with van der Waals surface area (Å²) in [5.41, 5.74) is 1.54. The average molecular weight is 247 g/mol. The Bertz CT molecular complexity index is 363. The number of aliphatic hydroxyl groups excluding tert-OH is 1. The number of hydrogen-bond acceptors (Lipinski definition) is 2. The predicted octanol–water partition coefficient (Wildman–Crippen LogP) is 2.67. The van der Waals surface area contributed by atoms with Crippen molar-refractivity contribution in [3.63, 3.8) is 0 Å². The van der Waals surface area contributed by atoms with Crippen LogP contribution in [0.2, 0.25) is 0 Å². The zero-order chi connectivity index (χ0) is 13.0. The summed E-state index contributed by atoms with van der Waals surface area (Å²) in [5, 5.41) is 9.78. The number of likely N-dealkylation sites (N-methyl/N-ethyl adjacent to an activating group) is 1. The number of aliphatic hydroxyl groups is 1. The van der Waals surface area contributed by atoms with Gasteiger partial charge in [-0.3, -0.25) is 0 Å². The Morgan fingerprint density at radius 3 is 2.56 bits per heavy atom. The molecule has 2 nitrogen and oxygen atoms in total. The molecule has 0 amide bonds. The highest BCUT2D eigenvalue weighted by Crippen LogP contribution is 2.44. The van der Waals surface area contributed by atoms with Gasteiger partial charge in [-0.15, -0.1) is 0 Å². The smallest absolute Gasteiger partial charge is 0.0468 e. The molecule has 0 bridgehead atoms. The van der Waals surface area contributed by atoms with Crippen LogP contribution in [0, 0.1) is 5.92 Å². The van der Waals surface area contributed by atoms with Gasteiger partial charge in [0, 0.05) is 18.6 Å². The molecule has 0 saturated heterocycles. The first kappa shape index (κ1) is 13.6. The molecule has 0 unspecified atom stereocenters. The van der Waals surface area contributed by atoms with Crippen molar-refractivity contribution in [1.29, 1.82) is 0 Å². The Kier molecular flexibility index (Phi) is 4.41. The van der Waals surface area contributed by atoms with Crippen molar-refractivity contribution in [2.24, 2.45) is 5.92 Å². The molecule has 1 aromatic carbocycles. The summed E-state index contributed by atoms with van der Waals surface area (Å²) in [6.45, 7) is 1.34. The summed E-state index contributed by atoms with van der Waals surface area (Å²) in [5.74, 6) is 0.399. The molecule has 100 valence electrons. The van der Waals surface area contributed by atoms with E-state index >= 15 is 0 Å². The van der Waals surface area contributed by atoms with Gasteiger partial charge >= 0.3 is 0 Å². The van der Waals surface area contributed by atoms with E-state index in [-0.39, 0.29) is 5.41 Å². The Morgan fingerprint density at radius 1 is 1.22 bits per heavy atom. The molecule has 1 N–H and O–H groups in total.